The fourth-order valence-corrected chi connectivity index (χ4v) is 5.86. The fourth-order valence-electron chi connectivity index (χ4n) is 4.80. The largest absolute Gasteiger partial charge is 0.497 e. The Morgan fingerprint density at radius 1 is 0.854 bits per heavy atom. The van der Waals surface area contributed by atoms with E-state index in [1.165, 1.54) is 41.3 Å². The van der Waals surface area contributed by atoms with Gasteiger partial charge in [-0.25, -0.2) is 12.8 Å². The molecule has 0 aromatic heterocycles. The Balaban J connectivity index is 1.52. The Morgan fingerprint density at radius 3 is 2.17 bits per heavy atom. The number of sulfonamides is 1. The van der Waals surface area contributed by atoms with Crippen LogP contribution in [0.15, 0.2) is 108 Å². The molecule has 4 aromatic rings. The molecule has 10 nitrogen and oxygen atoms in total. The summed E-state index contributed by atoms with van der Waals surface area (Å²) in [6, 6.07) is 26.3. The summed E-state index contributed by atoms with van der Waals surface area (Å²) in [4.78, 5) is 29.0. The van der Waals surface area contributed by atoms with Gasteiger partial charge in [-0.05, 0) is 85.1 Å². The number of hydrogen-bond donors (Lipinski definition) is 2. The first kappa shape index (κ1) is 35.9. The van der Waals surface area contributed by atoms with Gasteiger partial charge in [0, 0.05) is 38.4 Å². The first-order chi connectivity index (χ1) is 23.2. The molecule has 48 heavy (non-hydrogen) atoms. The number of methoxy groups -OCH3 is 1. The van der Waals surface area contributed by atoms with E-state index in [0.717, 1.165) is 23.3 Å². The van der Waals surface area contributed by atoms with Crippen molar-refractivity contribution in [2.75, 3.05) is 38.2 Å². The molecule has 2 amide bonds. The number of rotatable bonds is 18. The van der Waals surface area contributed by atoms with Gasteiger partial charge >= 0.3 is 0 Å². The number of anilines is 1. The topological polar surface area (TPSA) is 123 Å². The lowest BCUT2D eigenvalue weighted by Crippen LogP contribution is -2.51. The second kappa shape index (κ2) is 17.8. The van der Waals surface area contributed by atoms with E-state index in [-0.39, 0.29) is 35.2 Å². The van der Waals surface area contributed by atoms with E-state index >= 15 is 0 Å². The highest BCUT2D eigenvalue weighted by Gasteiger charge is 2.30. The van der Waals surface area contributed by atoms with Gasteiger partial charge in [0.15, 0.2) is 6.61 Å². The first-order valence-corrected chi connectivity index (χ1v) is 17.0. The molecule has 0 spiro atoms. The minimum atomic E-state index is -3.96. The van der Waals surface area contributed by atoms with Crippen molar-refractivity contribution >= 4 is 27.5 Å². The van der Waals surface area contributed by atoms with Gasteiger partial charge in [0.25, 0.3) is 15.9 Å². The predicted octanol–water partition coefficient (Wildman–Crippen LogP) is 5.20. The van der Waals surface area contributed by atoms with E-state index in [4.69, 9.17) is 14.2 Å². The smallest absolute Gasteiger partial charge is 0.261 e. The monoisotopic (exact) mass is 677 g/mol. The zero-order valence-electron chi connectivity index (χ0n) is 26.9. The van der Waals surface area contributed by atoms with Crippen molar-refractivity contribution in [3.05, 3.63) is 120 Å². The molecule has 0 radical (unpaired) electrons. The SMILES string of the molecule is CCOCCCNC(=O)[C@@H](Cc1ccccc1)N(Cc1ccc(OC)cc1)C(=O)COc1ccc(S(=O)(=O)Nc2ccc(F)cc2)cc1. The lowest BCUT2D eigenvalue weighted by atomic mass is 10.0. The van der Waals surface area contributed by atoms with Crippen LogP contribution in [-0.4, -0.2) is 64.6 Å². The molecular formula is C36H40FN3O7S. The van der Waals surface area contributed by atoms with E-state index in [2.05, 4.69) is 10.0 Å². The van der Waals surface area contributed by atoms with E-state index in [1.54, 1.807) is 19.2 Å². The molecular weight excluding hydrogens is 637 g/mol. The Kier molecular flexibility index (Phi) is 13.3. The zero-order valence-corrected chi connectivity index (χ0v) is 27.7. The van der Waals surface area contributed by atoms with Crippen LogP contribution in [0.2, 0.25) is 0 Å². The van der Waals surface area contributed by atoms with Crippen molar-refractivity contribution in [2.45, 2.75) is 37.2 Å². The van der Waals surface area contributed by atoms with Crippen molar-refractivity contribution in [1.82, 2.24) is 10.2 Å². The van der Waals surface area contributed by atoms with E-state index in [9.17, 15) is 22.4 Å². The molecule has 0 saturated carbocycles. The molecule has 0 bridgehead atoms. The molecule has 12 heteroatoms. The summed E-state index contributed by atoms with van der Waals surface area (Å²) < 4.78 is 57.8. The highest BCUT2D eigenvalue weighted by atomic mass is 32.2. The van der Waals surface area contributed by atoms with Crippen LogP contribution >= 0.6 is 0 Å². The van der Waals surface area contributed by atoms with Crippen LogP contribution in [0.1, 0.15) is 24.5 Å². The van der Waals surface area contributed by atoms with Crippen molar-refractivity contribution in [3.63, 3.8) is 0 Å². The third-order valence-corrected chi connectivity index (χ3v) is 8.74. The molecule has 1 atom stereocenters. The third kappa shape index (κ3) is 10.8. The quantitative estimate of drug-likeness (QED) is 0.139. The molecule has 0 heterocycles. The van der Waals surface area contributed by atoms with Crippen LogP contribution in [0.3, 0.4) is 0 Å². The Hall–Kier alpha value is -4.94. The summed E-state index contributed by atoms with van der Waals surface area (Å²) in [5.41, 5.74) is 1.88. The number of benzene rings is 4. The number of carbonyl (C=O) groups is 2. The van der Waals surface area contributed by atoms with Gasteiger partial charge in [0.05, 0.1) is 12.0 Å². The molecule has 0 unspecified atom stereocenters. The van der Waals surface area contributed by atoms with Gasteiger partial charge in [-0.2, -0.15) is 0 Å². The van der Waals surface area contributed by atoms with Crippen LogP contribution in [-0.2, 0) is 37.3 Å². The summed E-state index contributed by atoms with van der Waals surface area (Å²) in [6.07, 6.45) is 0.895. The van der Waals surface area contributed by atoms with Gasteiger partial charge in [-0.15, -0.1) is 0 Å². The van der Waals surface area contributed by atoms with Crippen molar-refractivity contribution in [1.29, 1.82) is 0 Å². The maximum Gasteiger partial charge on any atom is 0.261 e. The lowest BCUT2D eigenvalue weighted by Gasteiger charge is -2.31. The summed E-state index contributed by atoms with van der Waals surface area (Å²) in [5.74, 6) is -0.313. The van der Waals surface area contributed by atoms with Crippen LogP contribution in [0.5, 0.6) is 11.5 Å². The predicted molar refractivity (Wildman–Crippen MR) is 181 cm³/mol. The molecule has 4 rings (SSSR count). The van der Waals surface area contributed by atoms with E-state index < -0.39 is 34.4 Å². The molecule has 4 aromatic carbocycles. The standard InChI is InChI=1S/C36H40FN3O7S/c1-3-46-23-7-22-38-36(42)34(24-27-8-5-4-6-9-27)40(25-28-10-16-31(45-2)17-11-28)35(41)26-47-32-18-20-33(21-19-32)48(43,44)39-30-14-12-29(37)13-15-30/h4-6,8-21,34,39H,3,7,22-26H2,1-2H3,(H,38,42)/t34-/m1/s1. The number of hydrogen-bond acceptors (Lipinski definition) is 7. The summed E-state index contributed by atoms with van der Waals surface area (Å²) >= 11 is 0. The van der Waals surface area contributed by atoms with Crippen molar-refractivity contribution in [2.24, 2.45) is 0 Å². The molecule has 0 aliphatic carbocycles. The first-order valence-electron chi connectivity index (χ1n) is 15.5. The fraction of sp³-hybridized carbons (Fsp3) is 0.278. The molecule has 0 aliphatic heterocycles. The number of nitrogens with zero attached hydrogens (tertiary/aromatic N) is 1. The molecule has 0 fully saturated rings. The number of ether oxygens (including phenoxy) is 3. The molecule has 0 saturated heterocycles. The molecule has 2 N–H and O–H groups in total. The number of carbonyl (C=O) groups excluding carboxylic acids is 2. The highest BCUT2D eigenvalue weighted by molar-refractivity contribution is 7.92. The van der Waals surface area contributed by atoms with Crippen molar-refractivity contribution in [3.8, 4) is 11.5 Å². The highest BCUT2D eigenvalue weighted by Crippen LogP contribution is 2.21. The van der Waals surface area contributed by atoms with Crippen LogP contribution in [0.4, 0.5) is 10.1 Å². The molecule has 0 aliphatic rings. The normalized spacial score (nSPS) is 11.7. The van der Waals surface area contributed by atoms with Gasteiger partial charge in [0.2, 0.25) is 5.91 Å². The van der Waals surface area contributed by atoms with Gasteiger partial charge in [0.1, 0.15) is 23.4 Å². The minimum absolute atomic E-state index is 0.0458. The Labute approximate surface area is 280 Å². The second-order valence-electron chi connectivity index (χ2n) is 10.8. The second-order valence-corrected chi connectivity index (χ2v) is 12.5. The number of halogens is 1. The van der Waals surface area contributed by atoms with E-state index in [0.29, 0.717) is 31.9 Å². The van der Waals surface area contributed by atoms with Crippen LogP contribution < -0.4 is 19.5 Å². The molecule has 254 valence electrons. The van der Waals surface area contributed by atoms with Gasteiger partial charge in [-0.1, -0.05) is 42.5 Å². The summed E-state index contributed by atoms with van der Waals surface area (Å²) in [6.45, 7) is 3.10. The summed E-state index contributed by atoms with van der Waals surface area (Å²) in [7, 11) is -2.39. The van der Waals surface area contributed by atoms with Gasteiger partial charge in [-0.3, -0.25) is 14.3 Å². The van der Waals surface area contributed by atoms with Gasteiger partial charge < -0.3 is 24.4 Å². The van der Waals surface area contributed by atoms with Crippen LogP contribution in [0.25, 0.3) is 0 Å². The van der Waals surface area contributed by atoms with Crippen molar-refractivity contribution < 1.29 is 36.6 Å². The maximum atomic E-state index is 13.9. The number of amides is 2. The maximum absolute atomic E-state index is 13.9. The number of nitrogens with one attached hydrogen (secondary N) is 2. The zero-order chi connectivity index (χ0) is 34.4. The average Bonchev–Trinajstić information content (AvgIpc) is 3.10. The lowest BCUT2D eigenvalue weighted by molar-refractivity contribution is -0.142. The average molecular weight is 678 g/mol. The third-order valence-electron chi connectivity index (χ3n) is 7.34. The Bertz CT molecular complexity index is 1700. The summed E-state index contributed by atoms with van der Waals surface area (Å²) in [5, 5.41) is 2.96. The Morgan fingerprint density at radius 2 is 1.52 bits per heavy atom. The minimum Gasteiger partial charge on any atom is -0.497 e. The van der Waals surface area contributed by atoms with E-state index in [1.807, 2.05) is 49.4 Å². The van der Waals surface area contributed by atoms with Crippen LogP contribution in [0, 0.1) is 5.82 Å².